The van der Waals surface area contributed by atoms with Crippen LogP contribution in [0.25, 0.3) is 0 Å². The van der Waals surface area contributed by atoms with Crippen LogP contribution in [-0.4, -0.2) is 23.3 Å². The number of aromatic hydroxyl groups is 1. The highest BCUT2D eigenvalue weighted by Gasteiger charge is 2.17. The molecule has 1 amide bonds. The number of hydrogen-bond donors (Lipinski definition) is 3. The second-order valence-electron chi connectivity index (χ2n) is 5.88. The first-order chi connectivity index (χ1) is 9.23. The zero-order valence-corrected chi connectivity index (χ0v) is 12.6. The Morgan fingerprint density at radius 2 is 2.10 bits per heavy atom. The number of phenols is 1. The molecule has 0 aliphatic rings. The summed E-state index contributed by atoms with van der Waals surface area (Å²) in [6.45, 7) is 8.00. The lowest BCUT2D eigenvalue weighted by Gasteiger charge is -2.20. The van der Waals surface area contributed by atoms with Crippen LogP contribution in [-0.2, 0) is 4.74 Å². The predicted octanol–water partition coefficient (Wildman–Crippen LogP) is 3.19. The first kappa shape index (κ1) is 16.3. The lowest BCUT2D eigenvalue weighted by molar-refractivity contribution is 0.0635. The average molecular weight is 280 g/mol. The second kappa shape index (κ2) is 6.61. The van der Waals surface area contributed by atoms with Gasteiger partial charge in [-0.05, 0) is 57.4 Å². The molecule has 0 saturated carbocycles. The van der Waals surface area contributed by atoms with Gasteiger partial charge in [-0.1, -0.05) is 13.0 Å². The number of amides is 1. The summed E-state index contributed by atoms with van der Waals surface area (Å²) < 4.78 is 5.16. The van der Waals surface area contributed by atoms with Gasteiger partial charge in [-0.2, -0.15) is 0 Å². The van der Waals surface area contributed by atoms with E-state index in [4.69, 9.17) is 10.5 Å². The van der Waals surface area contributed by atoms with E-state index in [9.17, 15) is 9.90 Å². The van der Waals surface area contributed by atoms with Crippen molar-refractivity contribution in [3.05, 3.63) is 23.8 Å². The maximum atomic E-state index is 11.7. The van der Waals surface area contributed by atoms with Gasteiger partial charge >= 0.3 is 6.09 Å². The quantitative estimate of drug-likeness (QED) is 0.739. The summed E-state index contributed by atoms with van der Waals surface area (Å²) in [7, 11) is 0. The van der Waals surface area contributed by atoms with Crippen LogP contribution < -0.4 is 11.1 Å². The van der Waals surface area contributed by atoms with Crippen LogP contribution in [0.2, 0.25) is 0 Å². The summed E-state index contributed by atoms with van der Waals surface area (Å²) in [6.07, 6.45) is 0.257. The van der Waals surface area contributed by atoms with Crippen LogP contribution in [0.3, 0.4) is 0 Å². The summed E-state index contributed by atoms with van der Waals surface area (Å²) in [6, 6.07) is 5.14. The van der Waals surface area contributed by atoms with Crippen molar-refractivity contribution < 1.29 is 14.6 Å². The van der Waals surface area contributed by atoms with E-state index in [-0.39, 0.29) is 11.7 Å². The molecule has 112 valence electrons. The third-order valence-electron chi connectivity index (χ3n) is 2.82. The van der Waals surface area contributed by atoms with Crippen molar-refractivity contribution in [3.63, 3.8) is 0 Å². The Morgan fingerprint density at radius 1 is 1.45 bits per heavy atom. The zero-order chi connectivity index (χ0) is 15.3. The number of rotatable bonds is 4. The lowest BCUT2D eigenvalue weighted by atomic mass is 9.97. The minimum atomic E-state index is -0.587. The van der Waals surface area contributed by atoms with E-state index in [1.165, 1.54) is 0 Å². The molecule has 0 radical (unpaired) electrons. The highest BCUT2D eigenvalue weighted by Crippen LogP contribution is 2.29. The molecule has 0 aliphatic carbocycles. The molecule has 0 aliphatic heterocycles. The van der Waals surface area contributed by atoms with E-state index in [1.807, 2.05) is 6.07 Å². The number of carbonyl (C=O) groups excluding carboxylic acids is 1. The normalized spacial score (nSPS) is 12.8. The Balaban J connectivity index is 2.84. The molecular weight excluding hydrogens is 256 g/mol. The SMILES string of the molecule is CC(CCN)c1ccc(O)c(NC(=O)OC(C)(C)C)c1. The summed E-state index contributed by atoms with van der Waals surface area (Å²) in [5, 5.41) is 12.4. The fourth-order valence-electron chi connectivity index (χ4n) is 1.79. The number of anilines is 1. The summed E-state index contributed by atoms with van der Waals surface area (Å²) >= 11 is 0. The number of benzene rings is 1. The Kier molecular flexibility index (Phi) is 5.39. The molecule has 1 aromatic rings. The van der Waals surface area contributed by atoms with Crippen molar-refractivity contribution in [2.75, 3.05) is 11.9 Å². The van der Waals surface area contributed by atoms with Gasteiger partial charge in [-0.3, -0.25) is 5.32 Å². The monoisotopic (exact) mass is 280 g/mol. The first-order valence-corrected chi connectivity index (χ1v) is 6.76. The maximum absolute atomic E-state index is 11.7. The lowest BCUT2D eigenvalue weighted by Crippen LogP contribution is -2.27. The van der Waals surface area contributed by atoms with Crippen LogP contribution in [0.1, 0.15) is 45.6 Å². The molecule has 0 aromatic heterocycles. The van der Waals surface area contributed by atoms with Crippen molar-refractivity contribution in [1.29, 1.82) is 0 Å². The predicted molar refractivity (Wildman–Crippen MR) is 80.0 cm³/mol. The van der Waals surface area contributed by atoms with Crippen LogP contribution in [0.5, 0.6) is 5.75 Å². The number of phenolic OH excluding ortho intramolecular Hbond substituents is 1. The first-order valence-electron chi connectivity index (χ1n) is 6.76. The molecule has 5 heteroatoms. The smallest absolute Gasteiger partial charge is 0.412 e. The Hall–Kier alpha value is -1.75. The maximum Gasteiger partial charge on any atom is 0.412 e. The number of nitrogens with two attached hydrogens (primary N) is 1. The largest absolute Gasteiger partial charge is 0.506 e. The van der Waals surface area contributed by atoms with Gasteiger partial charge in [-0.25, -0.2) is 4.79 Å². The van der Waals surface area contributed by atoms with E-state index < -0.39 is 11.7 Å². The fourth-order valence-corrected chi connectivity index (χ4v) is 1.79. The van der Waals surface area contributed by atoms with Crippen LogP contribution in [0.15, 0.2) is 18.2 Å². The number of nitrogens with one attached hydrogen (secondary N) is 1. The van der Waals surface area contributed by atoms with Gasteiger partial charge in [0.2, 0.25) is 0 Å². The van der Waals surface area contributed by atoms with Gasteiger partial charge in [0, 0.05) is 0 Å². The summed E-state index contributed by atoms with van der Waals surface area (Å²) in [5.41, 5.74) is 6.33. The fraction of sp³-hybridized carbons (Fsp3) is 0.533. The van der Waals surface area contributed by atoms with Gasteiger partial charge in [-0.15, -0.1) is 0 Å². The highest BCUT2D eigenvalue weighted by molar-refractivity contribution is 5.87. The van der Waals surface area contributed by atoms with Gasteiger partial charge in [0.25, 0.3) is 0 Å². The highest BCUT2D eigenvalue weighted by atomic mass is 16.6. The number of carbonyl (C=O) groups is 1. The average Bonchev–Trinajstić information content (AvgIpc) is 2.29. The molecule has 5 nitrogen and oxygen atoms in total. The molecule has 20 heavy (non-hydrogen) atoms. The minimum absolute atomic E-state index is 0.0135. The zero-order valence-electron chi connectivity index (χ0n) is 12.6. The molecule has 0 saturated heterocycles. The number of ether oxygens (including phenoxy) is 1. The van der Waals surface area contributed by atoms with Crippen molar-refractivity contribution in [3.8, 4) is 5.75 Å². The number of hydrogen-bond acceptors (Lipinski definition) is 4. The van der Waals surface area contributed by atoms with E-state index in [1.54, 1.807) is 32.9 Å². The topological polar surface area (TPSA) is 84.6 Å². The molecule has 0 heterocycles. The Bertz CT molecular complexity index is 467. The Labute approximate surface area is 120 Å². The second-order valence-corrected chi connectivity index (χ2v) is 5.88. The third-order valence-corrected chi connectivity index (χ3v) is 2.82. The minimum Gasteiger partial charge on any atom is -0.506 e. The molecule has 1 aromatic carbocycles. The van der Waals surface area contributed by atoms with E-state index in [0.717, 1.165) is 12.0 Å². The third kappa shape index (κ3) is 5.09. The van der Waals surface area contributed by atoms with Gasteiger partial charge in [0.05, 0.1) is 5.69 Å². The van der Waals surface area contributed by atoms with Crippen LogP contribution in [0.4, 0.5) is 10.5 Å². The summed E-state index contributed by atoms with van der Waals surface area (Å²) in [4.78, 5) is 11.7. The molecule has 0 bridgehead atoms. The molecule has 1 rings (SSSR count). The molecular formula is C15H24N2O3. The molecule has 1 unspecified atom stereocenters. The van der Waals surface area contributed by atoms with E-state index in [0.29, 0.717) is 12.2 Å². The molecule has 1 atom stereocenters. The van der Waals surface area contributed by atoms with Gasteiger partial charge < -0.3 is 15.6 Å². The van der Waals surface area contributed by atoms with E-state index >= 15 is 0 Å². The van der Waals surface area contributed by atoms with Crippen LogP contribution >= 0.6 is 0 Å². The van der Waals surface area contributed by atoms with Crippen LogP contribution in [0, 0.1) is 0 Å². The molecule has 0 spiro atoms. The summed E-state index contributed by atoms with van der Waals surface area (Å²) in [5.74, 6) is 0.277. The van der Waals surface area contributed by atoms with E-state index in [2.05, 4.69) is 12.2 Å². The van der Waals surface area contributed by atoms with Gasteiger partial charge in [0.15, 0.2) is 0 Å². The van der Waals surface area contributed by atoms with Crippen molar-refractivity contribution in [2.45, 2.75) is 45.6 Å². The molecule has 0 fully saturated rings. The van der Waals surface area contributed by atoms with Gasteiger partial charge in [0.1, 0.15) is 11.4 Å². The van der Waals surface area contributed by atoms with Crippen molar-refractivity contribution in [2.24, 2.45) is 5.73 Å². The van der Waals surface area contributed by atoms with Crippen molar-refractivity contribution in [1.82, 2.24) is 0 Å². The van der Waals surface area contributed by atoms with Crippen molar-refractivity contribution >= 4 is 11.8 Å². The Morgan fingerprint density at radius 3 is 2.65 bits per heavy atom. The standard InChI is InChI=1S/C15H24N2O3/c1-10(7-8-16)11-5-6-13(18)12(9-11)17-14(19)20-15(2,3)4/h5-6,9-10,18H,7-8,16H2,1-4H3,(H,17,19). The molecule has 4 N–H and O–H groups in total.